The van der Waals surface area contributed by atoms with Crippen LogP contribution in [0.25, 0.3) is 0 Å². The van der Waals surface area contributed by atoms with Crippen molar-refractivity contribution in [2.75, 3.05) is 19.6 Å². The zero-order valence-electron chi connectivity index (χ0n) is 15.1. The Bertz CT molecular complexity index is 513. The van der Waals surface area contributed by atoms with E-state index in [1.54, 1.807) is 0 Å². The highest BCUT2D eigenvalue weighted by atomic mass is 15.2. The fourth-order valence-corrected chi connectivity index (χ4v) is 3.11. The van der Waals surface area contributed by atoms with Crippen LogP contribution in [-0.2, 0) is 12.0 Å². The molecule has 1 heterocycles. The Balaban J connectivity index is 1.82. The number of hydrogen-bond donors (Lipinski definition) is 2. The Morgan fingerprint density at radius 3 is 2.61 bits per heavy atom. The molecule has 1 saturated heterocycles. The van der Waals surface area contributed by atoms with E-state index in [0.29, 0.717) is 18.5 Å². The molecule has 1 fully saturated rings. The first-order valence-electron chi connectivity index (χ1n) is 8.77. The van der Waals surface area contributed by atoms with E-state index < -0.39 is 0 Å². The molecular weight excluding hydrogens is 284 g/mol. The van der Waals surface area contributed by atoms with Gasteiger partial charge in [0.25, 0.3) is 0 Å². The fraction of sp³-hybridized carbons (Fsp3) is 0.632. The third-order valence-corrected chi connectivity index (χ3v) is 4.68. The molecule has 1 atom stereocenters. The minimum absolute atomic E-state index is 0.189. The monoisotopic (exact) mass is 316 g/mol. The number of aliphatic imine (C=N–C) groups is 1. The number of nitrogens with one attached hydrogen (secondary N) is 1. The number of rotatable bonds is 5. The van der Waals surface area contributed by atoms with Gasteiger partial charge >= 0.3 is 0 Å². The van der Waals surface area contributed by atoms with Crippen LogP contribution >= 0.6 is 0 Å². The number of guanidine groups is 1. The van der Waals surface area contributed by atoms with Gasteiger partial charge in [0.15, 0.2) is 5.96 Å². The molecule has 128 valence electrons. The zero-order chi connectivity index (χ0) is 16.9. The van der Waals surface area contributed by atoms with Crippen LogP contribution in [0, 0.1) is 0 Å². The summed E-state index contributed by atoms with van der Waals surface area (Å²) in [7, 11) is 0. The summed E-state index contributed by atoms with van der Waals surface area (Å²) in [5.41, 5.74) is 8.73. The van der Waals surface area contributed by atoms with E-state index in [1.165, 1.54) is 30.5 Å². The number of likely N-dealkylation sites (tertiary alicyclic amines) is 1. The quantitative estimate of drug-likeness (QED) is 0.649. The van der Waals surface area contributed by atoms with Gasteiger partial charge in [-0.25, -0.2) is 4.99 Å². The van der Waals surface area contributed by atoms with Crippen LogP contribution in [0.3, 0.4) is 0 Å². The normalized spacial score (nSPS) is 20.0. The summed E-state index contributed by atoms with van der Waals surface area (Å²) in [5.74, 6) is 0.549. The van der Waals surface area contributed by atoms with Gasteiger partial charge in [-0.3, -0.25) is 4.90 Å². The molecule has 23 heavy (non-hydrogen) atoms. The Labute approximate surface area is 141 Å². The lowest BCUT2D eigenvalue weighted by Gasteiger charge is -2.23. The Hall–Kier alpha value is -1.55. The predicted molar refractivity (Wildman–Crippen MR) is 98.7 cm³/mol. The molecule has 4 heteroatoms. The Morgan fingerprint density at radius 2 is 2.00 bits per heavy atom. The van der Waals surface area contributed by atoms with Gasteiger partial charge in [-0.05, 0) is 42.5 Å². The van der Waals surface area contributed by atoms with E-state index in [9.17, 15) is 0 Å². The number of nitrogens with zero attached hydrogens (tertiary/aromatic N) is 2. The minimum atomic E-state index is 0.189. The molecule has 2 rings (SSSR count). The highest BCUT2D eigenvalue weighted by Gasteiger charge is 2.22. The summed E-state index contributed by atoms with van der Waals surface area (Å²) >= 11 is 0. The molecule has 1 aromatic rings. The average Bonchev–Trinajstić information content (AvgIpc) is 2.98. The van der Waals surface area contributed by atoms with E-state index in [1.807, 2.05) is 0 Å². The first kappa shape index (κ1) is 17.8. The lowest BCUT2D eigenvalue weighted by Crippen LogP contribution is -2.42. The van der Waals surface area contributed by atoms with Crippen LogP contribution in [0.5, 0.6) is 0 Å². The van der Waals surface area contributed by atoms with E-state index in [0.717, 1.165) is 13.1 Å². The van der Waals surface area contributed by atoms with E-state index in [4.69, 9.17) is 5.73 Å². The van der Waals surface area contributed by atoms with E-state index >= 15 is 0 Å². The molecule has 1 aromatic carbocycles. The maximum atomic E-state index is 6.01. The highest BCUT2D eigenvalue weighted by molar-refractivity contribution is 5.77. The van der Waals surface area contributed by atoms with Gasteiger partial charge in [0.2, 0.25) is 0 Å². The largest absolute Gasteiger partial charge is 0.370 e. The van der Waals surface area contributed by atoms with Crippen molar-refractivity contribution in [3.05, 3.63) is 35.4 Å². The first-order chi connectivity index (χ1) is 10.9. The second-order valence-corrected chi connectivity index (χ2v) is 7.45. The van der Waals surface area contributed by atoms with Gasteiger partial charge in [-0.1, -0.05) is 52.0 Å². The SMILES string of the molecule is CCN1CCCC1CNC(N)=NCc1ccc(C(C)(C)C)cc1. The maximum Gasteiger partial charge on any atom is 0.188 e. The van der Waals surface area contributed by atoms with Crippen molar-refractivity contribution in [2.45, 2.75) is 58.5 Å². The van der Waals surface area contributed by atoms with Crippen molar-refractivity contribution >= 4 is 5.96 Å². The second kappa shape index (κ2) is 7.82. The van der Waals surface area contributed by atoms with E-state index in [-0.39, 0.29) is 5.41 Å². The number of hydrogen-bond acceptors (Lipinski definition) is 2. The van der Waals surface area contributed by atoms with Crippen LogP contribution in [0.15, 0.2) is 29.3 Å². The van der Waals surface area contributed by atoms with Crippen molar-refractivity contribution in [2.24, 2.45) is 10.7 Å². The first-order valence-corrected chi connectivity index (χ1v) is 8.77. The molecule has 4 nitrogen and oxygen atoms in total. The van der Waals surface area contributed by atoms with E-state index in [2.05, 4.69) is 67.2 Å². The lowest BCUT2D eigenvalue weighted by atomic mass is 9.87. The van der Waals surface area contributed by atoms with Crippen LogP contribution in [0.2, 0.25) is 0 Å². The van der Waals surface area contributed by atoms with Gasteiger partial charge in [-0.2, -0.15) is 0 Å². The molecule has 0 amide bonds. The predicted octanol–water partition coefficient (Wildman–Crippen LogP) is 2.87. The van der Waals surface area contributed by atoms with Crippen molar-refractivity contribution in [3.8, 4) is 0 Å². The fourth-order valence-electron chi connectivity index (χ4n) is 3.11. The summed E-state index contributed by atoms with van der Waals surface area (Å²) in [6.07, 6.45) is 2.54. The average molecular weight is 316 g/mol. The van der Waals surface area contributed by atoms with Crippen molar-refractivity contribution < 1.29 is 0 Å². The maximum absolute atomic E-state index is 6.01. The van der Waals surface area contributed by atoms with Gasteiger partial charge in [0.05, 0.1) is 6.54 Å². The molecule has 0 aromatic heterocycles. The number of nitrogens with two attached hydrogens (primary N) is 1. The van der Waals surface area contributed by atoms with Crippen molar-refractivity contribution in [1.29, 1.82) is 0 Å². The summed E-state index contributed by atoms with van der Waals surface area (Å²) in [5, 5.41) is 3.28. The molecule has 1 aliphatic heterocycles. The van der Waals surface area contributed by atoms with Crippen LogP contribution in [0.4, 0.5) is 0 Å². The summed E-state index contributed by atoms with van der Waals surface area (Å²) in [6, 6.07) is 9.26. The van der Waals surface area contributed by atoms with Gasteiger partial charge < -0.3 is 11.1 Å². The van der Waals surface area contributed by atoms with Crippen molar-refractivity contribution in [3.63, 3.8) is 0 Å². The van der Waals surface area contributed by atoms with Crippen LogP contribution in [0.1, 0.15) is 51.7 Å². The molecule has 0 saturated carbocycles. The molecule has 0 spiro atoms. The molecule has 0 aliphatic carbocycles. The topological polar surface area (TPSA) is 53.6 Å². The molecule has 1 unspecified atom stereocenters. The lowest BCUT2D eigenvalue weighted by molar-refractivity contribution is 0.267. The van der Waals surface area contributed by atoms with Gasteiger partial charge in [-0.15, -0.1) is 0 Å². The summed E-state index contributed by atoms with van der Waals surface area (Å²) in [6.45, 7) is 12.7. The van der Waals surface area contributed by atoms with Crippen LogP contribution in [-0.4, -0.2) is 36.5 Å². The zero-order valence-corrected chi connectivity index (χ0v) is 15.1. The highest BCUT2D eigenvalue weighted by Crippen LogP contribution is 2.22. The third kappa shape index (κ3) is 5.24. The number of benzene rings is 1. The Kier molecular flexibility index (Phi) is 6.05. The standard InChI is InChI=1S/C19H32N4/c1-5-23-12-6-7-17(23)14-22-18(20)21-13-15-8-10-16(11-9-15)19(2,3)4/h8-11,17H,5-7,12-14H2,1-4H3,(H3,20,21,22). The molecule has 3 N–H and O–H groups in total. The second-order valence-electron chi connectivity index (χ2n) is 7.45. The smallest absolute Gasteiger partial charge is 0.188 e. The molecular formula is C19H32N4. The minimum Gasteiger partial charge on any atom is -0.370 e. The molecule has 0 bridgehead atoms. The van der Waals surface area contributed by atoms with Crippen LogP contribution < -0.4 is 11.1 Å². The summed E-state index contributed by atoms with van der Waals surface area (Å²) < 4.78 is 0. The molecule has 1 aliphatic rings. The third-order valence-electron chi connectivity index (χ3n) is 4.68. The van der Waals surface area contributed by atoms with Crippen molar-refractivity contribution in [1.82, 2.24) is 10.2 Å². The molecule has 0 radical (unpaired) electrons. The Morgan fingerprint density at radius 1 is 1.30 bits per heavy atom. The summed E-state index contributed by atoms with van der Waals surface area (Å²) in [4.78, 5) is 6.97. The van der Waals surface area contributed by atoms with Gasteiger partial charge in [0.1, 0.15) is 0 Å². The number of likely N-dealkylation sites (N-methyl/N-ethyl adjacent to an activating group) is 1. The van der Waals surface area contributed by atoms with Gasteiger partial charge in [0, 0.05) is 12.6 Å².